The molecule has 0 fully saturated rings. The lowest BCUT2D eigenvalue weighted by molar-refractivity contribution is 0.302. The summed E-state index contributed by atoms with van der Waals surface area (Å²) in [6.45, 7) is 0.615. The van der Waals surface area contributed by atoms with Gasteiger partial charge in [-0.3, -0.25) is 0 Å². The van der Waals surface area contributed by atoms with Crippen molar-refractivity contribution in [2.45, 2.75) is 13.2 Å². The van der Waals surface area contributed by atoms with Crippen LogP contribution >= 0.6 is 11.6 Å². The van der Waals surface area contributed by atoms with Crippen LogP contribution in [0.4, 0.5) is 0 Å². The number of benzene rings is 3. The summed E-state index contributed by atoms with van der Waals surface area (Å²) >= 11 is 5.91. The van der Waals surface area contributed by atoms with Crippen molar-refractivity contribution in [3.63, 3.8) is 0 Å². The third-order valence-corrected chi connectivity index (χ3v) is 5.20. The molecule has 5 rings (SSSR count). The van der Waals surface area contributed by atoms with E-state index in [0.717, 1.165) is 22.4 Å². The molecule has 0 radical (unpaired) electrons. The third kappa shape index (κ3) is 4.88. The zero-order valence-corrected chi connectivity index (χ0v) is 18.1. The van der Waals surface area contributed by atoms with Gasteiger partial charge in [-0.2, -0.15) is 0 Å². The number of hydrogen-bond acceptors (Lipinski definition) is 6. The van der Waals surface area contributed by atoms with Gasteiger partial charge in [0.25, 0.3) is 0 Å². The Morgan fingerprint density at radius 3 is 2.52 bits per heavy atom. The van der Waals surface area contributed by atoms with E-state index in [-0.39, 0.29) is 6.61 Å². The Bertz CT molecular complexity index is 1440. The Labute approximate surface area is 193 Å². The van der Waals surface area contributed by atoms with Crippen LogP contribution in [0.25, 0.3) is 16.7 Å². The van der Waals surface area contributed by atoms with Gasteiger partial charge in [0.2, 0.25) is 0 Å². The number of fused-ring (bicyclic) bond motifs is 1. The minimum atomic E-state index is -0.467. The second-order valence-electron chi connectivity index (χ2n) is 7.28. The van der Waals surface area contributed by atoms with Crippen molar-refractivity contribution in [1.29, 1.82) is 0 Å². The normalized spacial score (nSPS) is 10.9. The molecule has 2 heterocycles. The SMILES string of the molecule is O=c1cc(OCc2cn(-c3ccc(OCc4ccc(Cl)cc4)cc3)nn2)c2ccccc2o1. The highest BCUT2D eigenvalue weighted by atomic mass is 35.5. The Morgan fingerprint density at radius 1 is 0.909 bits per heavy atom. The highest BCUT2D eigenvalue weighted by molar-refractivity contribution is 6.30. The molecule has 8 heteroatoms. The van der Waals surface area contributed by atoms with Gasteiger partial charge < -0.3 is 13.9 Å². The van der Waals surface area contributed by atoms with Crippen molar-refractivity contribution in [2.75, 3.05) is 0 Å². The number of hydrogen-bond donors (Lipinski definition) is 0. The van der Waals surface area contributed by atoms with Crippen LogP contribution in [0.15, 0.2) is 94.3 Å². The summed E-state index contributed by atoms with van der Waals surface area (Å²) in [5.41, 5.74) is 2.50. The molecule has 33 heavy (non-hydrogen) atoms. The Kier molecular flexibility index (Phi) is 5.78. The van der Waals surface area contributed by atoms with E-state index in [1.807, 2.05) is 60.7 Å². The first kappa shape index (κ1) is 20.8. The zero-order valence-electron chi connectivity index (χ0n) is 17.3. The van der Waals surface area contributed by atoms with Gasteiger partial charge in [0.1, 0.15) is 36.0 Å². The van der Waals surface area contributed by atoms with Gasteiger partial charge in [0, 0.05) is 5.02 Å². The molecule has 0 saturated carbocycles. The number of nitrogens with zero attached hydrogens (tertiary/aromatic N) is 3. The standard InChI is InChI=1S/C25H18ClN3O4/c26-18-7-5-17(6-8-18)15-31-21-11-9-20(10-12-21)29-14-19(27-28-29)16-32-24-13-25(30)33-23-4-2-1-3-22(23)24/h1-14H,15-16H2. The molecule has 0 atom stereocenters. The van der Waals surface area contributed by atoms with Gasteiger partial charge >= 0.3 is 5.63 Å². The van der Waals surface area contributed by atoms with E-state index >= 15 is 0 Å². The maximum absolute atomic E-state index is 11.8. The van der Waals surface area contributed by atoms with Gasteiger partial charge in [0.05, 0.1) is 23.3 Å². The second-order valence-corrected chi connectivity index (χ2v) is 7.71. The summed E-state index contributed by atoms with van der Waals surface area (Å²) in [6.07, 6.45) is 1.77. The molecule has 0 unspecified atom stereocenters. The molecule has 0 aliphatic rings. The summed E-state index contributed by atoms with van der Waals surface area (Å²) in [5.74, 6) is 1.19. The first-order valence-corrected chi connectivity index (χ1v) is 10.6. The van der Waals surface area contributed by atoms with Crippen molar-refractivity contribution in [1.82, 2.24) is 15.0 Å². The maximum atomic E-state index is 11.8. The zero-order chi connectivity index (χ0) is 22.6. The van der Waals surface area contributed by atoms with E-state index in [2.05, 4.69) is 10.3 Å². The number of halogens is 1. The fourth-order valence-electron chi connectivity index (χ4n) is 3.29. The Hall–Kier alpha value is -4.10. The minimum absolute atomic E-state index is 0.162. The van der Waals surface area contributed by atoms with Crippen molar-refractivity contribution in [3.05, 3.63) is 112 Å². The van der Waals surface area contributed by atoms with Gasteiger partial charge in [-0.05, 0) is 54.1 Å². The minimum Gasteiger partial charge on any atom is -0.489 e. The largest absolute Gasteiger partial charge is 0.489 e. The summed E-state index contributed by atoms with van der Waals surface area (Å²) < 4.78 is 18.5. The fourth-order valence-corrected chi connectivity index (χ4v) is 3.41. The fraction of sp³-hybridized carbons (Fsp3) is 0.0800. The molecule has 7 nitrogen and oxygen atoms in total. The van der Waals surface area contributed by atoms with Crippen molar-refractivity contribution in [3.8, 4) is 17.2 Å². The molecule has 0 aliphatic carbocycles. The highest BCUT2D eigenvalue weighted by Crippen LogP contribution is 2.24. The lowest BCUT2D eigenvalue weighted by Crippen LogP contribution is -2.02. The van der Waals surface area contributed by atoms with Crippen molar-refractivity contribution in [2.24, 2.45) is 0 Å². The molecule has 2 aromatic heterocycles. The van der Waals surface area contributed by atoms with E-state index in [0.29, 0.717) is 28.7 Å². The molecule has 0 saturated heterocycles. The lowest BCUT2D eigenvalue weighted by atomic mass is 10.2. The first-order valence-electron chi connectivity index (χ1n) is 10.2. The van der Waals surface area contributed by atoms with Gasteiger partial charge in [-0.15, -0.1) is 5.10 Å². The summed E-state index contributed by atoms with van der Waals surface area (Å²) in [5, 5.41) is 9.74. The average molecular weight is 460 g/mol. The van der Waals surface area contributed by atoms with Crippen LogP contribution < -0.4 is 15.1 Å². The van der Waals surface area contributed by atoms with Crippen LogP contribution in [0, 0.1) is 0 Å². The molecule has 0 amide bonds. The summed E-state index contributed by atoms with van der Waals surface area (Å²) in [7, 11) is 0. The van der Waals surface area contributed by atoms with E-state index in [9.17, 15) is 4.79 Å². The Morgan fingerprint density at radius 2 is 1.70 bits per heavy atom. The van der Waals surface area contributed by atoms with E-state index in [1.54, 1.807) is 23.0 Å². The number of aromatic nitrogens is 3. The van der Waals surface area contributed by atoms with Gasteiger partial charge in [-0.25, -0.2) is 9.48 Å². The number of rotatable bonds is 7. The van der Waals surface area contributed by atoms with Crippen molar-refractivity contribution < 1.29 is 13.9 Å². The highest BCUT2D eigenvalue weighted by Gasteiger charge is 2.09. The van der Waals surface area contributed by atoms with Crippen LogP contribution in [0.5, 0.6) is 11.5 Å². The van der Waals surface area contributed by atoms with Crippen LogP contribution in [0.3, 0.4) is 0 Å². The van der Waals surface area contributed by atoms with Crippen LogP contribution in [0.1, 0.15) is 11.3 Å². The van der Waals surface area contributed by atoms with E-state index in [4.69, 9.17) is 25.5 Å². The molecule has 0 spiro atoms. The molecule has 0 aliphatic heterocycles. The predicted molar refractivity (Wildman–Crippen MR) is 124 cm³/mol. The van der Waals surface area contributed by atoms with Gasteiger partial charge in [-0.1, -0.05) is 41.1 Å². The maximum Gasteiger partial charge on any atom is 0.339 e. The molecule has 164 valence electrons. The van der Waals surface area contributed by atoms with E-state index in [1.165, 1.54) is 6.07 Å². The third-order valence-electron chi connectivity index (χ3n) is 4.95. The van der Waals surface area contributed by atoms with Crippen LogP contribution in [0.2, 0.25) is 5.02 Å². The molecular weight excluding hydrogens is 442 g/mol. The first-order chi connectivity index (χ1) is 16.1. The quantitative estimate of drug-likeness (QED) is 0.312. The Balaban J connectivity index is 1.23. The molecule has 0 bridgehead atoms. The number of ether oxygens (including phenoxy) is 2. The van der Waals surface area contributed by atoms with Crippen molar-refractivity contribution >= 4 is 22.6 Å². The van der Waals surface area contributed by atoms with E-state index < -0.39 is 5.63 Å². The average Bonchev–Trinajstić information content (AvgIpc) is 3.31. The predicted octanol–water partition coefficient (Wildman–Crippen LogP) is 5.19. The van der Waals surface area contributed by atoms with Gasteiger partial charge in [0.15, 0.2) is 0 Å². The second kappa shape index (κ2) is 9.18. The van der Waals surface area contributed by atoms with Crippen LogP contribution in [-0.2, 0) is 13.2 Å². The lowest BCUT2D eigenvalue weighted by Gasteiger charge is -2.07. The summed E-state index contributed by atoms with van der Waals surface area (Å²) in [6, 6.07) is 23.6. The monoisotopic (exact) mass is 459 g/mol. The summed E-state index contributed by atoms with van der Waals surface area (Å²) in [4.78, 5) is 11.8. The van der Waals surface area contributed by atoms with Crippen LogP contribution in [-0.4, -0.2) is 15.0 Å². The molecule has 3 aromatic carbocycles. The molecule has 0 N–H and O–H groups in total. The smallest absolute Gasteiger partial charge is 0.339 e. The number of para-hydroxylation sites is 1. The topological polar surface area (TPSA) is 79.4 Å². The molecule has 5 aromatic rings. The molecular formula is C25H18ClN3O4.